The van der Waals surface area contributed by atoms with Crippen LogP contribution >= 0.6 is 0 Å². The Balaban J connectivity index is 1.69. The Labute approximate surface area is 230 Å². The third-order valence-electron chi connectivity index (χ3n) is 7.22. The van der Waals surface area contributed by atoms with Crippen molar-refractivity contribution in [2.75, 3.05) is 50.0 Å². The first kappa shape index (κ1) is 29.2. The summed E-state index contributed by atoms with van der Waals surface area (Å²) in [5.74, 6) is -1.35. The van der Waals surface area contributed by atoms with Crippen molar-refractivity contribution >= 4 is 28.9 Å². The number of nitrogens with one attached hydrogen (secondary N) is 2. The van der Waals surface area contributed by atoms with Crippen LogP contribution in [-0.4, -0.2) is 78.7 Å². The molecule has 1 atom stereocenters. The number of benzene rings is 1. The van der Waals surface area contributed by atoms with Gasteiger partial charge >= 0.3 is 6.09 Å². The molecule has 1 saturated heterocycles. The third-order valence-corrected chi connectivity index (χ3v) is 7.22. The number of hydrogen-bond donors (Lipinski definition) is 2. The lowest BCUT2D eigenvalue weighted by Gasteiger charge is -2.40. The molecule has 0 saturated carbocycles. The summed E-state index contributed by atoms with van der Waals surface area (Å²) in [4.78, 5) is 45.0. The molecule has 0 aliphatic carbocycles. The molecule has 1 aromatic heterocycles. The van der Waals surface area contributed by atoms with Gasteiger partial charge in [-0.3, -0.25) is 9.59 Å². The fourth-order valence-corrected chi connectivity index (χ4v) is 4.85. The molecule has 0 spiro atoms. The number of alkyl halides is 2. The number of piperazine rings is 1. The number of hydrogen-bond acceptors (Lipinski definition) is 6. The molecule has 2 aliphatic heterocycles. The molecule has 1 aromatic carbocycles. The van der Waals surface area contributed by atoms with Crippen molar-refractivity contribution < 1.29 is 27.5 Å². The van der Waals surface area contributed by atoms with E-state index in [4.69, 9.17) is 4.74 Å². The topological polar surface area (TPSA) is 98.0 Å². The van der Waals surface area contributed by atoms with E-state index in [1.165, 1.54) is 17.0 Å². The van der Waals surface area contributed by atoms with Gasteiger partial charge in [0.15, 0.2) is 0 Å². The first-order chi connectivity index (χ1) is 18.9. The molecular weight excluding hydrogens is 527 g/mol. The first-order valence-corrected chi connectivity index (χ1v) is 13.2. The van der Waals surface area contributed by atoms with Crippen LogP contribution in [0.2, 0.25) is 0 Å². The highest BCUT2D eigenvalue weighted by Gasteiger charge is 2.28. The van der Waals surface area contributed by atoms with Crippen LogP contribution in [0.5, 0.6) is 0 Å². The number of pyridine rings is 1. The number of aromatic amines is 1. The maximum Gasteiger partial charge on any atom is 0.410 e. The molecule has 1 fully saturated rings. The zero-order valence-electron chi connectivity index (χ0n) is 23.0. The molecule has 12 heteroatoms. The second kappa shape index (κ2) is 12.2. The Morgan fingerprint density at radius 2 is 1.90 bits per heavy atom. The predicted octanol–water partition coefficient (Wildman–Crippen LogP) is 4.48. The molecule has 3 heterocycles. The van der Waals surface area contributed by atoms with Gasteiger partial charge in [-0.15, -0.1) is 0 Å². The number of anilines is 2. The van der Waals surface area contributed by atoms with Gasteiger partial charge in [0, 0.05) is 62.2 Å². The lowest BCUT2D eigenvalue weighted by Crippen LogP contribution is -2.50. The van der Waals surface area contributed by atoms with Gasteiger partial charge in [-0.25, -0.2) is 18.0 Å². The molecule has 216 valence electrons. The monoisotopic (exact) mass is 561 g/mol. The van der Waals surface area contributed by atoms with Crippen LogP contribution in [0.15, 0.2) is 35.3 Å². The number of carbonyl (C=O) groups is 2. The Kier molecular flexibility index (Phi) is 8.87. The number of rotatable bonds is 6. The van der Waals surface area contributed by atoms with Crippen molar-refractivity contribution in [2.24, 2.45) is 0 Å². The van der Waals surface area contributed by atoms with E-state index in [0.717, 1.165) is 6.20 Å². The number of nitrogens with zero attached hydrogens (tertiary/aromatic N) is 3. The number of halogens is 3. The first-order valence-electron chi connectivity index (χ1n) is 13.2. The van der Waals surface area contributed by atoms with E-state index in [2.05, 4.69) is 15.2 Å². The summed E-state index contributed by atoms with van der Waals surface area (Å²) >= 11 is 0. The molecule has 40 heavy (non-hydrogen) atoms. The lowest BCUT2D eigenvalue weighted by atomic mass is 9.97. The molecule has 0 unspecified atom stereocenters. The van der Waals surface area contributed by atoms with Crippen LogP contribution in [-0.2, 0) is 4.74 Å². The average molecular weight is 562 g/mol. The maximum absolute atomic E-state index is 15.6. The number of carbonyl (C=O) groups excluding carboxylic acids is 2. The Bertz CT molecular complexity index is 1360. The summed E-state index contributed by atoms with van der Waals surface area (Å²) in [7, 11) is 1.99. The second-order valence-corrected chi connectivity index (χ2v) is 10.4. The van der Waals surface area contributed by atoms with E-state index in [-0.39, 0.29) is 35.5 Å². The number of amides is 2. The number of ether oxygens (including phenoxy) is 1. The standard InChI is InChI=1S/C28H34F3N5O4/c1-16(2)40-28(39)35-7-5-18(6-8-35)19-11-23(24(13-22(19)29)36-10-9-34(4)17(3)15-36)33-27(38)21-14-32-25(37)12-20(21)26(30)31/h5,11-14,16-17,26H,6-10,15H2,1-4H3,(H,32,37)(H,33,38)/t17-/m0/s1. The maximum atomic E-state index is 15.6. The van der Waals surface area contributed by atoms with Gasteiger partial charge in [0.25, 0.3) is 12.3 Å². The van der Waals surface area contributed by atoms with Crippen LogP contribution in [0.25, 0.3) is 5.57 Å². The van der Waals surface area contributed by atoms with Crippen molar-refractivity contribution in [1.82, 2.24) is 14.8 Å². The fourth-order valence-electron chi connectivity index (χ4n) is 4.85. The van der Waals surface area contributed by atoms with Crippen LogP contribution in [0.4, 0.5) is 29.3 Å². The van der Waals surface area contributed by atoms with E-state index in [9.17, 15) is 23.2 Å². The normalized spacial score (nSPS) is 18.2. The lowest BCUT2D eigenvalue weighted by molar-refractivity contribution is 0.0799. The Morgan fingerprint density at radius 1 is 1.15 bits per heavy atom. The Morgan fingerprint density at radius 3 is 2.52 bits per heavy atom. The highest BCUT2D eigenvalue weighted by atomic mass is 19.3. The summed E-state index contributed by atoms with van der Waals surface area (Å²) in [6.07, 6.45) is -0.701. The van der Waals surface area contributed by atoms with Gasteiger partial charge in [0.05, 0.1) is 23.0 Å². The summed E-state index contributed by atoms with van der Waals surface area (Å²) in [6, 6.07) is 3.71. The van der Waals surface area contributed by atoms with Gasteiger partial charge in [0.1, 0.15) is 5.82 Å². The minimum atomic E-state index is -3.04. The van der Waals surface area contributed by atoms with E-state index in [1.807, 2.05) is 18.9 Å². The van der Waals surface area contributed by atoms with Crippen molar-refractivity contribution in [3.05, 3.63) is 63.3 Å². The minimum Gasteiger partial charge on any atom is -0.447 e. The Hall–Kier alpha value is -3.80. The summed E-state index contributed by atoms with van der Waals surface area (Å²) in [6.45, 7) is 7.95. The van der Waals surface area contributed by atoms with Crippen LogP contribution in [0.3, 0.4) is 0 Å². The second-order valence-electron chi connectivity index (χ2n) is 10.4. The van der Waals surface area contributed by atoms with Crippen LogP contribution < -0.4 is 15.8 Å². The number of likely N-dealkylation sites (N-methyl/N-ethyl adjacent to an activating group) is 1. The van der Waals surface area contributed by atoms with Crippen LogP contribution in [0, 0.1) is 5.82 Å². The molecule has 0 radical (unpaired) electrons. The minimum absolute atomic E-state index is 0.155. The average Bonchev–Trinajstić information content (AvgIpc) is 2.90. The highest BCUT2D eigenvalue weighted by Crippen LogP contribution is 2.36. The zero-order chi connectivity index (χ0) is 29.1. The molecule has 9 nitrogen and oxygen atoms in total. The summed E-state index contributed by atoms with van der Waals surface area (Å²) in [5, 5.41) is 2.69. The molecule has 2 aliphatic rings. The molecule has 4 rings (SSSR count). The summed E-state index contributed by atoms with van der Waals surface area (Å²) < 4.78 is 48.1. The van der Waals surface area contributed by atoms with Crippen molar-refractivity contribution in [2.45, 2.75) is 45.8 Å². The SMILES string of the molecule is CC(C)OC(=O)N1CC=C(c2cc(NC(=O)c3c[nH]c(=O)cc3C(F)F)c(N3CCN(C)[C@@H](C)C3)cc2F)CC1. The van der Waals surface area contributed by atoms with Gasteiger partial charge in [-0.2, -0.15) is 0 Å². The molecule has 2 aromatic rings. The quantitative estimate of drug-likeness (QED) is 0.540. The third kappa shape index (κ3) is 6.49. The van der Waals surface area contributed by atoms with Crippen molar-refractivity contribution in [3.8, 4) is 0 Å². The smallest absolute Gasteiger partial charge is 0.410 e. The molecule has 2 amide bonds. The molecular formula is C28H34F3N5O4. The molecule has 0 bridgehead atoms. The van der Waals surface area contributed by atoms with E-state index < -0.39 is 35.4 Å². The van der Waals surface area contributed by atoms with E-state index in [1.54, 1.807) is 19.9 Å². The van der Waals surface area contributed by atoms with Crippen molar-refractivity contribution in [3.63, 3.8) is 0 Å². The van der Waals surface area contributed by atoms with Gasteiger partial charge in [-0.1, -0.05) is 6.08 Å². The van der Waals surface area contributed by atoms with Gasteiger partial charge in [-0.05, 0) is 51.9 Å². The van der Waals surface area contributed by atoms with Crippen molar-refractivity contribution in [1.29, 1.82) is 0 Å². The zero-order valence-corrected chi connectivity index (χ0v) is 23.0. The highest BCUT2D eigenvalue weighted by molar-refractivity contribution is 6.07. The number of aromatic nitrogens is 1. The van der Waals surface area contributed by atoms with E-state index >= 15 is 4.39 Å². The fraction of sp³-hybridized carbons (Fsp3) is 0.464. The predicted molar refractivity (Wildman–Crippen MR) is 146 cm³/mol. The number of H-pyrrole nitrogens is 1. The summed E-state index contributed by atoms with van der Waals surface area (Å²) in [5.41, 5.74) is -0.247. The largest absolute Gasteiger partial charge is 0.447 e. The molecule has 2 N–H and O–H groups in total. The van der Waals surface area contributed by atoms with Gasteiger partial charge < -0.3 is 29.7 Å². The van der Waals surface area contributed by atoms with Gasteiger partial charge in [0.2, 0.25) is 5.56 Å². The van der Waals surface area contributed by atoms with Crippen LogP contribution in [0.1, 0.15) is 55.1 Å². The van der Waals surface area contributed by atoms with E-state index in [0.29, 0.717) is 49.9 Å².